The van der Waals surface area contributed by atoms with Crippen LogP contribution in [0.2, 0.25) is 0 Å². The van der Waals surface area contributed by atoms with Gasteiger partial charge in [-0.05, 0) is 42.3 Å². The number of fused-ring (bicyclic) bond motifs is 1. The van der Waals surface area contributed by atoms with Crippen molar-refractivity contribution < 1.29 is 18.3 Å². The first-order chi connectivity index (χ1) is 19.5. The van der Waals surface area contributed by atoms with Crippen LogP contribution in [-0.4, -0.2) is 32.8 Å². The van der Waals surface area contributed by atoms with Gasteiger partial charge in [0.2, 0.25) is 0 Å². The van der Waals surface area contributed by atoms with Crippen molar-refractivity contribution in [3.63, 3.8) is 0 Å². The van der Waals surface area contributed by atoms with Crippen LogP contribution in [0.5, 0.6) is 11.5 Å². The predicted octanol–water partition coefficient (Wildman–Crippen LogP) is 6.01. The Kier molecular flexibility index (Phi) is 7.44. The number of hydrogen-bond donors (Lipinski definition) is 3. The predicted molar refractivity (Wildman–Crippen MR) is 154 cm³/mol. The molecule has 4 aromatic rings. The van der Waals surface area contributed by atoms with Gasteiger partial charge in [0.15, 0.2) is 11.4 Å². The SMILES string of the molecule is Cn1c(=O)[nH]c2nccc(Oc3ccc(NC(=O)NC4=CC(C(C)(C)C)=NCCC4c4cccc(F)c4)c(F)c3)c21. The fourth-order valence-electron chi connectivity index (χ4n) is 4.70. The van der Waals surface area contributed by atoms with Crippen LogP contribution >= 0.6 is 0 Å². The molecular formula is C30H30F2N6O3. The van der Waals surface area contributed by atoms with Gasteiger partial charge in [-0.1, -0.05) is 32.9 Å². The van der Waals surface area contributed by atoms with Gasteiger partial charge in [-0.15, -0.1) is 0 Å². The molecular weight excluding hydrogens is 530 g/mol. The normalized spacial score (nSPS) is 15.6. The summed E-state index contributed by atoms with van der Waals surface area (Å²) < 4.78 is 36.3. The zero-order valence-corrected chi connectivity index (χ0v) is 23.1. The van der Waals surface area contributed by atoms with Gasteiger partial charge < -0.3 is 15.4 Å². The molecule has 2 amide bonds. The molecule has 0 radical (unpaired) electrons. The maximum absolute atomic E-state index is 15.1. The Morgan fingerprint density at radius 1 is 1.12 bits per heavy atom. The molecule has 3 heterocycles. The monoisotopic (exact) mass is 560 g/mol. The van der Waals surface area contributed by atoms with E-state index in [-0.39, 0.29) is 34.3 Å². The number of aryl methyl sites for hydroxylation is 1. The smallest absolute Gasteiger partial charge is 0.327 e. The summed E-state index contributed by atoms with van der Waals surface area (Å²) in [6.07, 6.45) is 3.85. The number of halogens is 2. The molecule has 0 spiro atoms. The number of allylic oxidation sites excluding steroid dienone is 2. The van der Waals surface area contributed by atoms with Crippen LogP contribution in [0.4, 0.5) is 19.3 Å². The van der Waals surface area contributed by atoms with Gasteiger partial charge in [0, 0.05) is 54.7 Å². The number of amides is 2. The molecule has 3 N–H and O–H groups in total. The van der Waals surface area contributed by atoms with Crippen molar-refractivity contribution in [3.05, 3.63) is 94.2 Å². The minimum atomic E-state index is -0.723. The Bertz CT molecular complexity index is 1750. The molecule has 41 heavy (non-hydrogen) atoms. The van der Waals surface area contributed by atoms with Crippen LogP contribution in [0.15, 0.2) is 76.3 Å². The molecule has 0 aliphatic carbocycles. The maximum atomic E-state index is 15.1. The summed E-state index contributed by atoms with van der Waals surface area (Å²) in [4.78, 5) is 36.5. The Morgan fingerprint density at radius 2 is 1.93 bits per heavy atom. The van der Waals surface area contributed by atoms with Gasteiger partial charge in [0.25, 0.3) is 0 Å². The van der Waals surface area contributed by atoms with Crippen molar-refractivity contribution in [2.45, 2.75) is 33.1 Å². The summed E-state index contributed by atoms with van der Waals surface area (Å²) in [5, 5.41) is 5.41. The lowest BCUT2D eigenvalue weighted by Crippen LogP contribution is -2.32. The molecule has 1 atom stereocenters. The van der Waals surface area contributed by atoms with E-state index in [2.05, 4.69) is 20.6 Å². The van der Waals surface area contributed by atoms with E-state index in [0.29, 0.717) is 41.1 Å². The summed E-state index contributed by atoms with van der Waals surface area (Å²) in [6.45, 7) is 6.57. The Morgan fingerprint density at radius 3 is 2.66 bits per heavy atom. The number of pyridine rings is 1. The van der Waals surface area contributed by atoms with Crippen LogP contribution in [0.3, 0.4) is 0 Å². The summed E-state index contributed by atoms with van der Waals surface area (Å²) in [5.74, 6) is -0.934. The number of anilines is 1. The van der Waals surface area contributed by atoms with Crippen molar-refractivity contribution in [2.75, 3.05) is 11.9 Å². The van der Waals surface area contributed by atoms with Gasteiger partial charge in [-0.2, -0.15) is 0 Å². The molecule has 212 valence electrons. The van der Waals surface area contributed by atoms with E-state index in [1.54, 1.807) is 19.2 Å². The molecule has 1 unspecified atom stereocenters. The number of benzene rings is 2. The summed E-state index contributed by atoms with van der Waals surface area (Å²) >= 11 is 0. The van der Waals surface area contributed by atoms with Crippen molar-refractivity contribution in [2.24, 2.45) is 17.5 Å². The third-order valence-electron chi connectivity index (χ3n) is 6.81. The van der Waals surface area contributed by atoms with E-state index in [4.69, 9.17) is 9.73 Å². The molecule has 0 fully saturated rings. The van der Waals surface area contributed by atoms with Crippen molar-refractivity contribution in [1.82, 2.24) is 19.9 Å². The van der Waals surface area contributed by atoms with Crippen molar-refractivity contribution >= 4 is 28.6 Å². The fraction of sp³-hybridized carbons (Fsp3) is 0.267. The minimum absolute atomic E-state index is 0.0648. The fourth-order valence-corrected chi connectivity index (χ4v) is 4.70. The molecule has 0 saturated carbocycles. The third kappa shape index (κ3) is 6.03. The first kappa shape index (κ1) is 27.8. The number of rotatable bonds is 5. The molecule has 0 bridgehead atoms. The largest absolute Gasteiger partial charge is 0.455 e. The van der Waals surface area contributed by atoms with Crippen LogP contribution in [0.25, 0.3) is 11.2 Å². The zero-order valence-electron chi connectivity index (χ0n) is 23.1. The highest BCUT2D eigenvalue weighted by atomic mass is 19.1. The highest BCUT2D eigenvalue weighted by molar-refractivity contribution is 6.01. The topological polar surface area (TPSA) is 113 Å². The zero-order chi connectivity index (χ0) is 29.3. The Hall–Kier alpha value is -4.80. The first-order valence-corrected chi connectivity index (χ1v) is 13.1. The van der Waals surface area contributed by atoms with Gasteiger partial charge in [-0.3, -0.25) is 14.5 Å². The quantitative estimate of drug-likeness (QED) is 0.277. The minimum Gasteiger partial charge on any atom is -0.455 e. The van der Waals surface area contributed by atoms with Gasteiger partial charge in [0.1, 0.15) is 22.9 Å². The lowest BCUT2D eigenvalue weighted by Gasteiger charge is -2.22. The number of H-pyrrole nitrogens is 1. The number of ether oxygens (including phenoxy) is 1. The maximum Gasteiger partial charge on any atom is 0.327 e. The Balaban J connectivity index is 1.36. The van der Waals surface area contributed by atoms with E-state index in [9.17, 15) is 14.0 Å². The number of urea groups is 1. The molecule has 1 aliphatic rings. The van der Waals surface area contributed by atoms with Crippen molar-refractivity contribution in [1.29, 1.82) is 0 Å². The molecule has 5 rings (SSSR count). The van der Waals surface area contributed by atoms with E-state index in [0.717, 1.165) is 11.8 Å². The van der Waals surface area contributed by atoms with Gasteiger partial charge >= 0.3 is 11.7 Å². The van der Waals surface area contributed by atoms with Crippen LogP contribution in [0.1, 0.15) is 38.7 Å². The standard InChI is InChI=1S/C30H30F2N6O3/c1-30(2,3)25-16-23(20(10-12-33-25)17-6-5-7-18(31)14-17)36-28(39)35-22-9-8-19(15-21(22)32)41-24-11-13-34-27-26(24)38(4)29(40)37-27/h5-9,11,13-16,20H,10,12H2,1-4H3,(H,34,37,40)(H2,35,36,39). The highest BCUT2D eigenvalue weighted by Crippen LogP contribution is 2.32. The van der Waals surface area contributed by atoms with E-state index < -0.39 is 11.8 Å². The molecule has 0 saturated heterocycles. The lowest BCUT2D eigenvalue weighted by molar-refractivity contribution is 0.253. The summed E-state index contributed by atoms with van der Waals surface area (Å²) in [7, 11) is 1.57. The van der Waals surface area contributed by atoms with Gasteiger partial charge in [-0.25, -0.2) is 23.4 Å². The number of aliphatic imine (C=N–C) groups is 1. The average Bonchev–Trinajstić information content (AvgIpc) is 3.06. The van der Waals surface area contributed by atoms with E-state index in [1.807, 2.05) is 32.9 Å². The Labute approximate surface area is 235 Å². The second-order valence-electron chi connectivity index (χ2n) is 10.8. The van der Waals surface area contributed by atoms with Crippen LogP contribution in [-0.2, 0) is 7.05 Å². The number of aromatic nitrogens is 3. The van der Waals surface area contributed by atoms with Crippen LogP contribution in [0, 0.1) is 17.0 Å². The number of imidazole rings is 1. The number of carbonyl (C=O) groups excluding carboxylic acids is 1. The second kappa shape index (κ2) is 11.0. The summed E-state index contributed by atoms with van der Waals surface area (Å²) in [6, 6.07) is 11.2. The molecule has 2 aromatic heterocycles. The second-order valence-corrected chi connectivity index (χ2v) is 10.8. The first-order valence-electron chi connectivity index (χ1n) is 13.1. The number of carbonyl (C=O) groups is 1. The molecule has 2 aromatic carbocycles. The molecule has 1 aliphatic heterocycles. The number of nitrogens with zero attached hydrogens (tertiary/aromatic N) is 3. The van der Waals surface area contributed by atoms with E-state index in [1.165, 1.54) is 35.0 Å². The number of hydrogen-bond acceptors (Lipinski definition) is 5. The molecule has 11 heteroatoms. The van der Waals surface area contributed by atoms with E-state index >= 15 is 4.39 Å². The number of nitrogens with one attached hydrogen (secondary N) is 3. The average molecular weight is 561 g/mol. The third-order valence-corrected chi connectivity index (χ3v) is 6.81. The molecule has 9 nitrogen and oxygen atoms in total. The number of aromatic amines is 1. The van der Waals surface area contributed by atoms with Crippen molar-refractivity contribution in [3.8, 4) is 11.5 Å². The summed E-state index contributed by atoms with van der Waals surface area (Å²) in [5.41, 5.74) is 2.11. The van der Waals surface area contributed by atoms with Gasteiger partial charge in [0.05, 0.1) is 5.69 Å². The lowest BCUT2D eigenvalue weighted by atomic mass is 9.87. The highest BCUT2D eigenvalue weighted by Gasteiger charge is 2.26. The van der Waals surface area contributed by atoms with Crippen LogP contribution < -0.4 is 21.1 Å².